The molecule has 0 spiro atoms. The van der Waals surface area contributed by atoms with Gasteiger partial charge in [0.1, 0.15) is 28.2 Å². The predicted octanol–water partition coefficient (Wildman–Crippen LogP) is 15.7. The molecule has 0 fully saturated rings. The minimum atomic E-state index is -2.48. The predicted molar refractivity (Wildman–Crippen MR) is 306 cm³/mol. The number of aryl methyl sites for hydroxylation is 8. The van der Waals surface area contributed by atoms with Gasteiger partial charge in [-0.2, -0.15) is 9.13 Å². The lowest BCUT2D eigenvalue weighted by molar-refractivity contribution is -0.667. The third-order valence-electron chi connectivity index (χ3n) is 13.5. The lowest BCUT2D eigenvalue weighted by Crippen LogP contribution is -2.36. The molecule has 4 aromatic heterocycles. The average molecular weight is 978 g/mol. The van der Waals surface area contributed by atoms with E-state index in [0.717, 1.165) is 73.1 Å². The Morgan fingerprint density at radius 2 is 0.819 bits per heavy atom. The van der Waals surface area contributed by atoms with Gasteiger partial charge in [-0.15, -0.1) is 0 Å². The van der Waals surface area contributed by atoms with Gasteiger partial charge < -0.3 is 0 Å². The van der Waals surface area contributed by atoms with Crippen LogP contribution in [0.2, 0.25) is 0 Å². The van der Waals surface area contributed by atoms with Crippen LogP contribution < -0.4 is 18.3 Å². The minimum Gasteiger partial charge on any atom is -0.201 e. The number of rotatable bonds is 8. The van der Waals surface area contributed by atoms with Crippen molar-refractivity contribution < 1.29 is 40.2 Å². The molecule has 0 bridgehead atoms. The monoisotopic (exact) mass is 977 g/mol. The van der Waals surface area contributed by atoms with Crippen LogP contribution in [0, 0.1) is 55.3 Å². The zero-order valence-corrected chi connectivity index (χ0v) is 45.6. The standard InChI is InChI=1S/C19H26N.2C17H22N.C15H18N/c1-13(2)17-11-19(16-10-8-7-9-15(16)5)20(6)12-18(17)14(3)4;1-12(2)15-10-14(4)17(18(5)11-15)16-9-7-6-8-13(16)3;1-12(2)15-10-11-17(18(5)14(15)4)16-9-7-6-8-13(16)3;1-11-9-10-15(16(4)13(11)3)14-8-6-5-7-12(14)2/h7-14H,1-6H3;2*6-12H,1-5H3;5-10H,1-4H3/q4*+1/i3D3,13D,14D;2*1D3,12D;1D3. The van der Waals surface area contributed by atoms with Crippen LogP contribution in [0.3, 0.4) is 0 Å². The van der Waals surface area contributed by atoms with Crippen molar-refractivity contribution in [3.63, 3.8) is 0 Å². The lowest BCUT2D eigenvalue weighted by atomic mass is 9.90. The second-order valence-electron chi connectivity index (χ2n) is 19.2. The van der Waals surface area contributed by atoms with E-state index < -0.39 is 51.0 Å². The average Bonchev–Trinajstić information content (AvgIpc) is 1.83. The Morgan fingerprint density at radius 3 is 1.28 bits per heavy atom. The van der Waals surface area contributed by atoms with Gasteiger partial charge in [0.2, 0.25) is 22.8 Å². The van der Waals surface area contributed by atoms with Crippen LogP contribution >= 0.6 is 0 Å². The van der Waals surface area contributed by atoms with E-state index in [1.54, 1.807) is 38.4 Å². The first-order chi connectivity index (χ1) is 40.2. The molecule has 72 heavy (non-hydrogen) atoms. The number of nitrogens with zero attached hydrogens (tertiary/aromatic N) is 4. The van der Waals surface area contributed by atoms with E-state index in [1.807, 2.05) is 165 Å². The van der Waals surface area contributed by atoms with Crippen LogP contribution in [0.25, 0.3) is 45.0 Å². The highest BCUT2D eigenvalue weighted by Gasteiger charge is 2.22. The van der Waals surface area contributed by atoms with Crippen molar-refractivity contribution in [2.45, 2.75) is 134 Å². The second-order valence-corrected chi connectivity index (χ2v) is 19.2. The quantitative estimate of drug-likeness (QED) is 0.135. The Kier molecular flexibility index (Phi) is 13.1. The lowest BCUT2D eigenvalue weighted by Gasteiger charge is -2.16. The maximum Gasteiger partial charge on any atom is 0.215 e. The molecular formula is C68H88N4+4. The van der Waals surface area contributed by atoms with Crippen molar-refractivity contribution in [1.29, 1.82) is 0 Å². The summed E-state index contributed by atoms with van der Waals surface area (Å²) < 4.78 is 133. The Bertz CT molecular complexity index is 3760. The van der Waals surface area contributed by atoms with Crippen LogP contribution in [0.5, 0.6) is 0 Å². The molecule has 0 amide bonds. The number of hydrogen-bond donors (Lipinski definition) is 0. The molecule has 0 aliphatic heterocycles. The molecule has 0 saturated heterocycles. The van der Waals surface area contributed by atoms with Gasteiger partial charge in [-0.25, -0.2) is 9.13 Å². The molecule has 4 heteroatoms. The van der Waals surface area contributed by atoms with E-state index in [2.05, 4.69) is 51.1 Å². The van der Waals surface area contributed by atoms with Crippen molar-refractivity contribution in [2.75, 3.05) is 0 Å². The van der Waals surface area contributed by atoms with Crippen LogP contribution in [-0.4, -0.2) is 0 Å². The largest absolute Gasteiger partial charge is 0.215 e. The second kappa shape index (κ2) is 25.2. The van der Waals surface area contributed by atoms with Gasteiger partial charge in [-0.1, -0.05) is 128 Å². The zero-order valence-electron chi connectivity index (χ0n) is 61.6. The first kappa shape index (κ1) is 37.3. The highest BCUT2D eigenvalue weighted by atomic mass is 15.0. The number of hydrogen-bond acceptors (Lipinski definition) is 0. The Hall–Kier alpha value is -6.52. The summed E-state index contributed by atoms with van der Waals surface area (Å²) in [7, 11) is 7.57. The van der Waals surface area contributed by atoms with E-state index in [1.165, 1.54) is 31.9 Å². The smallest absolute Gasteiger partial charge is 0.201 e. The highest BCUT2D eigenvalue weighted by Crippen LogP contribution is 2.30. The third kappa shape index (κ3) is 13.5. The summed E-state index contributed by atoms with van der Waals surface area (Å²) in [5, 5.41) is 0. The Labute approximate surface area is 459 Å². The van der Waals surface area contributed by atoms with Gasteiger partial charge in [-0.05, 0) is 135 Å². The van der Waals surface area contributed by atoms with Crippen LogP contribution in [0.1, 0.15) is 168 Å². The van der Waals surface area contributed by atoms with Crippen molar-refractivity contribution in [3.05, 3.63) is 213 Å². The van der Waals surface area contributed by atoms with Gasteiger partial charge >= 0.3 is 0 Å². The molecule has 4 nitrogen and oxygen atoms in total. The van der Waals surface area contributed by atoms with Crippen molar-refractivity contribution in [1.82, 2.24) is 0 Å². The van der Waals surface area contributed by atoms with Crippen molar-refractivity contribution in [2.24, 2.45) is 28.2 Å². The molecule has 0 aliphatic carbocycles. The summed E-state index contributed by atoms with van der Waals surface area (Å²) in [6.45, 7) is 12.3. The molecule has 0 N–H and O–H groups in total. The first-order valence-electron chi connectivity index (χ1n) is 32.5. The van der Waals surface area contributed by atoms with E-state index in [4.69, 9.17) is 21.9 Å². The topological polar surface area (TPSA) is 15.5 Å². The molecule has 0 radical (unpaired) electrons. The summed E-state index contributed by atoms with van der Waals surface area (Å²) in [5.41, 5.74) is 17.9. The fourth-order valence-corrected chi connectivity index (χ4v) is 9.00. The minimum absolute atomic E-state index is 0.368. The SMILES string of the molecule is [2H]C(C)(C)c1cc(-c2ccccc2C)[n+](C)cc1C([2H])(C)C([2H])([2H])[2H].[2H]C([2H])([2H])C([2H])(C)c1cc(C)c(-c2ccccc2C)[n+](C)c1.[2H]C([2H])([2H])C([2H])(C)c1ccc(-c2ccccc2C)[n+](C)c1C.[2H]C([2H])([2H])c1ccc(-c2ccccc2C)[n+](C)c1C. The third-order valence-corrected chi connectivity index (χ3v) is 13.5. The highest BCUT2D eigenvalue weighted by molar-refractivity contribution is 5.65. The van der Waals surface area contributed by atoms with Gasteiger partial charge in [0, 0.05) is 104 Å². The molecule has 3 atom stereocenters. The summed E-state index contributed by atoms with van der Waals surface area (Å²) >= 11 is 0. The molecule has 0 saturated carbocycles. The fraction of sp³-hybridized carbons (Fsp3) is 0.353. The van der Waals surface area contributed by atoms with Gasteiger partial charge in [0.25, 0.3) is 0 Å². The van der Waals surface area contributed by atoms with Crippen LogP contribution in [-0.2, 0) is 28.2 Å². The number of pyridine rings is 4. The Morgan fingerprint density at radius 1 is 0.375 bits per heavy atom. The normalized spacial score (nSPS) is 17.6. The molecular weight excluding hydrogens is 873 g/mol. The first-order valence-corrected chi connectivity index (χ1v) is 24.5. The molecule has 0 aliphatic rings. The molecule has 4 aromatic carbocycles. The molecule has 8 aromatic rings. The van der Waals surface area contributed by atoms with E-state index >= 15 is 0 Å². The van der Waals surface area contributed by atoms with Gasteiger partial charge in [0.05, 0.1) is 0 Å². The molecule has 376 valence electrons. The zero-order chi connectivity index (χ0) is 66.8. The number of aromatic nitrogens is 4. The summed E-state index contributed by atoms with van der Waals surface area (Å²) in [6, 6.07) is 43.2. The van der Waals surface area contributed by atoms with Crippen molar-refractivity contribution in [3.8, 4) is 45.0 Å². The maximum atomic E-state index is 8.51. The van der Waals surface area contributed by atoms with Gasteiger partial charge in [-0.3, -0.25) is 0 Å². The van der Waals surface area contributed by atoms with E-state index in [-0.39, 0.29) is 0 Å². The molecule has 8 rings (SSSR count). The number of benzene rings is 4. The summed E-state index contributed by atoms with van der Waals surface area (Å²) in [4.78, 5) is 0. The maximum absolute atomic E-state index is 8.51. The van der Waals surface area contributed by atoms with E-state index in [0.29, 0.717) is 27.8 Å². The fourth-order valence-electron chi connectivity index (χ4n) is 9.00. The summed E-state index contributed by atoms with van der Waals surface area (Å²) in [6.07, 6.45) is 3.46. The van der Waals surface area contributed by atoms with Crippen LogP contribution in [0.4, 0.5) is 0 Å². The Balaban J connectivity index is 0.000000215. The molecule has 3 unspecified atom stereocenters. The van der Waals surface area contributed by atoms with E-state index in [9.17, 15) is 0 Å². The summed E-state index contributed by atoms with van der Waals surface area (Å²) in [5.74, 6) is -6.06. The molecule has 4 heterocycles. The van der Waals surface area contributed by atoms with Gasteiger partial charge in [0.15, 0.2) is 23.8 Å². The van der Waals surface area contributed by atoms with Crippen molar-refractivity contribution >= 4 is 0 Å². The van der Waals surface area contributed by atoms with Crippen LogP contribution in [0.15, 0.2) is 146 Å².